The molecule has 166 valence electrons. The molecular formula is C24H20N4O4S. The highest BCUT2D eigenvalue weighted by atomic mass is 32.2. The third-order valence-electron chi connectivity index (χ3n) is 5.15. The smallest absolute Gasteiger partial charge is 0.296 e. The fraction of sp³-hybridized carbons (Fsp3) is 0.0833. The number of aromatic hydroxyl groups is 1. The Morgan fingerprint density at radius 3 is 2.33 bits per heavy atom. The zero-order chi connectivity index (χ0) is 23.0. The Labute approximate surface area is 189 Å². The quantitative estimate of drug-likeness (QED) is 0.380. The predicted molar refractivity (Wildman–Crippen MR) is 125 cm³/mol. The van der Waals surface area contributed by atoms with Gasteiger partial charge in [-0.25, -0.2) is 9.98 Å². The first-order valence-corrected chi connectivity index (χ1v) is 11.7. The zero-order valence-corrected chi connectivity index (χ0v) is 18.4. The summed E-state index contributed by atoms with van der Waals surface area (Å²) in [5.41, 5.74) is 2.83. The van der Waals surface area contributed by atoms with Gasteiger partial charge in [-0.05, 0) is 67.6 Å². The molecule has 0 aliphatic carbocycles. The monoisotopic (exact) mass is 460 g/mol. The molecule has 0 spiro atoms. The molecule has 0 unspecified atom stereocenters. The molecule has 0 atom stereocenters. The first kappa shape index (κ1) is 20.9. The van der Waals surface area contributed by atoms with Gasteiger partial charge in [0.25, 0.3) is 10.1 Å². The average molecular weight is 461 g/mol. The van der Waals surface area contributed by atoms with E-state index in [0.29, 0.717) is 17.1 Å². The zero-order valence-electron chi connectivity index (χ0n) is 17.6. The van der Waals surface area contributed by atoms with E-state index in [4.69, 9.17) is 4.18 Å². The molecule has 4 aromatic rings. The van der Waals surface area contributed by atoms with Gasteiger partial charge in [0.05, 0.1) is 22.2 Å². The summed E-state index contributed by atoms with van der Waals surface area (Å²) in [6.45, 7) is 1.71. The van der Waals surface area contributed by atoms with Crippen LogP contribution in [0.15, 0.2) is 87.4 Å². The van der Waals surface area contributed by atoms with Crippen molar-refractivity contribution >= 4 is 38.5 Å². The molecule has 3 N–H and O–H groups in total. The minimum Gasteiger partial charge on any atom is -0.494 e. The number of hydrogen-bond acceptors (Lipinski definition) is 7. The lowest BCUT2D eigenvalue weighted by molar-refractivity contribution is 0.338. The Hall–Kier alpha value is -3.95. The molecule has 5 rings (SSSR count). The van der Waals surface area contributed by atoms with Crippen molar-refractivity contribution in [1.82, 2.24) is 4.98 Å². The topological polar surface area (TPSA) is 116 Å². The van der Waals surface area contributed by atoms with Crippen molar-refractivity contribution in [2.75, 3.05) is 11.9 Å². The Kier molecular flexibility index (Phi) is 5.20. The number of fused-ring (bicyclic) bond motifs is 2. The van der Waals surface area contributed by atoms with Gasteiger partial charge < -0.3 is 15.4 Å². The largest absolute Gasteiger partial charge is 0.494 e. The van der Waals surface area contributed by atoms with E-state index in [2.05, 4.69) is 20.3 Å². The van der Waals surface area contributed by atoms with Crippen molar-refractivity contribution in [2.45, 2.75) is 11.8 Å². The van der Waals surface area contributed by atoms with E-state index in [-0.39, 0.29) is 17.4 Å². The van der Waals surface area contributed by atoms with Crippen LogP contribution in [0.4, 0.5) is 11.4 Å². The fourth-order valence-corrected chi connectivity index (χ4v) is 4.55. The molecule has 33 heavy (non-hydrogen) atoms. The van der Waals surface area contributed by atoms with Crippen LogP contribution >= 0.6 is 0 Å². The van der Waals surface area contributed by atoms with E-state index in [1.165, 1.54) is 12.1 Å². The van der Waals surface area contributed by atoms with Crippen LogP contribution < -0.4 is 16.0 Å². The van der Waals surface area contributed by atoms with Crippen LogP contribution in [0.3, 0.4) is 0 Å². The first-order chi connectivity index (χ1) is 15.9. The summed E-state index contributed by atoms with van der Waals surface area (Å²) in [5.74, 6) is 0.540. The highest BCUT2D eigenvalue weighted by Gasteiger charge is 2.14. The van der Waals surface area contributed by atoms with Crippen LogP contribution in [0.25, 0.3) is 17.0 Å². The fourth-order valence-electron chi connectivity index (χ4n) is 3.64. The second kappa shape index (κ2) is 8.19. The lowest BCUT2D eigenvalue weighted by Gasteiger charge is -2.08. The average Bonchev–Trinajstić information content (AvgIpc) is 3.34. The van der Waals surface area contributed by atoms with Crippen LogP contribution in [0, 0.1) is 0 Å². The normalized spacial score (nSPS) is 12.8. The van der Waals surface area contributed by atoms with Crippen molar-refractivity contribution in [2.24, 2.45) is 9.98 Å². The van der Waals surface area contributed by atoms with Crippen molar-refractivity contribution in [3.63, 3.8) is 0 Å². The third kappa shape index (κ3) is 4.11. The van der Waals surface area contributed by atoms with Crippen molar-refractivity contribution in [1.29, 1.82) is 0 Å². The molecule has 8 nitrogen and oxygen atoms in total. The molecule has 0 saturated heterocycles. The molecule has 0 radical (unpaired) electrons. The van der Waals surface area contributed by atoms with Crippen LogP contribution in [0.1, 0.15) is 12.5 Å². The third-order valence-corrected chi connectivity index (χ3v) is 6.54. The summed E-state index contributed by atoms with van der Waals surface area (Å²) >= 11 is 0. The number of nitrogens with zero attached hydrogens (tertiary/aromatic N) is 2. The summed E-state index contributed by atoms with van der Waals surface area (Å²) in [6, 6.07) is 19.5. The van der Waals surface area contributed by atoms with E-state index >= 15 is 0 Å². The maximum absolute atomic E-state index is 12.0. The lowest BCUT2D eigenvalue weighted by atomic mass is 10.1. The van der Waals surface area contributed by atoms with Crippen LogP contribution in [-0.4, -0.2) is 25.1 Å². The lowest BCUT2D eigenvalue weighted by Crippen LogP contribution is -2.19. The second-order valence-electron chi connectivity index (χ2n) is 7.37. The second-order valence-corrected chi connectivity index (χ2v) is 8.99. The minimum atomic E-state index is -3.75. The minimum absolute atomic E-state index is 0.0292. The number of rotatable bonds is 6. The van der Waals surface area contributed by atoms with Crippen LogP contribution in [0.5, 0.6) is 5.88 Å². The van der Waals surface area contributed by atoms with E-state index in [0.717, 1.165) is 27.3 Å². The number of para-hydroxylation sites is 2. The molecule has 0 saturated carbocycles. The van der Waals surface area contributed by atoms with Crippen molar-refractivity contribution < 1.29 is 17.7 Å². The molecule has 0 fully saturated rings. The van der Waals surface area contributed by atoms with Gasteiger partial charge in [-0.2, -0.15) is 8.42 Å². The Balaban J connectivity index is 1.46. The number of nitrogens with one attached hydrogen (secondary N) is 2. The molecule has 3 aromatic carbocycles. The van der Waals surface area contributed by atoms with Gasteiger partial charge in [-0.3, -0.25) is 4.18 Å². The first-order valence-electron chi connectivity index (χ1n) is 10.3. The summed E-state index contributed by atoms with van der Waals surface area (Å²) < 4.78 is 28.8. The van der Waals surface area contributed by atoms with Gasteiger partial charge in [0.15, 0.2) is 11.7 Å². The summed E-state index contributed by atoms with van der Waals surface area (Å²) in [6.07, 6.45) is 1.74. The summed E-state index contributed by atoms with van der Waals surface area (Å²) in [4.78, 5) is 12.1. The van der Waals surface area contributed by atoms with Crippen LogP contribution in [-0.2, 0) is 14.3 Å². The molecule has 9 heteroatoms. The SMILES string of the molecule is CCOS(=O)(=O)c1ccc(Nc2ccc3[nH]c(O)c(C=C4N=c5ccccc5=N4)c3c2)cc1. The maximum Gasteiger partial charge on any atom is 0.296 e. The highest BCUT2D eigenvalue weighted by Crippen LogP contribution is 2.32. The predicted octanol–water partition coefficient (Wildman–Crippen LogP) is 3.59. The van der Waals surface area contributed by atoms with Gasteiger partial charge in [0.2, 0.25) is 0 Å². The summed E-state index contributed by atoms with van der Waals surface area (Å²) in [5, 5.41) is 16.1. The van der Waals surface area contributed by atoms with E-state index in [1.54, 1.807) is 25.1 Å². The molecule has 1 aliphatic heterocycles. The van der Waals surface area contributed by atoms with Gasteiger partial charge in [-0.15, -0.1) is 0 Å². The van der Waals surface area contributed by atoms with Gasteiger partial charge in [0, 0.05) is 27.8 Å². The number of hydrogen-bond donors (Lipinski definition) is 3. The number of anilines is 2. The number of benzene rings is 3. The molecule has 2 heterocycles. The van der Waals surface area contributed by atoms with Crippen molar-refractivity contribution in [3.8, 4) is 5.88 Å². The van der Waals surface area contributed by atoms with E-state index in [1.807, 2.05) is 42.5 Å². The van der Waals surface area contributed by atoms with Gasteiger partial charge >= 0.3 is 0 Å². The standard InChI is InChI=1S/C24H20N4O4S/c1-2-32-33(30,31)17-10-7-15(8-11-17)25-16-9-12-20-18(13-16)19(24(29)28-20)14-23-26-21-5-3-4-6-22(21)27-23/h3-14,25,28-29H,2H2,1H3. The Morgan fingerprint density at radius 2 is 1.67 bits per heavy atom. The molecule has 0 bridgehead atoms. The maximum atomic E-state index is 12.0. The molecular weight excluding hydrogens is 440 g/mol. The van der Waals surface area contributed by atoms with E-state index < -0.39 is 10.1 Å². The Morgan fingerprint density at radius 1 is 1.00 bits per heavy atom. The van der Waals surface area contributed by atoms with Gasteiger partial charge in [0.1, 0.15) is 0 Å². The number of H-pyrrole nitrogens is 1. The molecule has 1 aliphatic rings. The number of aromatic nitrogens is 1. The summed E-state index contributed by atoms with van der Waals surface area (Å²) in [7, 11) is -3.75. The van der Waals surface area contributed by atoms with Crippen molar-refractivity contribution in [3.05, 3.63) is 88.8 Å². The molecule has 1 aromatic heterocycles. The number of aromatic amines is 1. The van der Waals surface area contributed by atoms with Gasteiger partial charge in [-0.1, -0.05) is 12.1 Å². The highest BCUT2D eigenvalue weighted by molar-refractivity contribution is 7.86. The van der Waals surface area contributed by atoms with E-state index in [9.17, 15) is 13.5 Å². The molecule has 0 amide bonds. The van der Waals surface area contributed by atoms with Crippen LogP contribution in [0.2, 0.25) is 0 Å². The Bertz CT molecular complexity index is 1580.